The summed E-state index contributed by atoms with van der Waals surface area (Å²) in [5, 5.41) is 17.1. The van der Waals surface area contributed by atoms with Crippen molar-refractivity contribution in [2.75, 3.05) is 6.61 Å². The lowest BCUT2D eigenvalue weighted by molar-refractivity contribution is -0.384. The number of para-hydroxylation sites is 1. The van der Waals surface area contributed by atoms with Crippen molar-refractivity contribution >= 4 is 49.7 Å². The summed E-state index contributed by atoms with van der Waals surface area (Å²) in [6.45, 7) is 6.43. The third-order valence-electron chi connectivity index (χ3n) is 5.63. The molecule has 0 spiro atoms. The van der Waals surface area contributed by atoms with Crippen LogP contribution in [0.4, 0.5) is 5.69 Å². The van der Waals surface area contributed by atoms with Crippen LogP contribution in [0.3, 0.4) is 0 Å². The van der Waals surface area contributed by atoms with Crippen LogP contribution in [0.15, 0.2) is 85.5 Å². The van der Waals surface area contributed by atoms with Gasteiger partial charge in [-0.3, -0.25) is 14.9 Å². The summed E-state index contributed by atoms with van der Waals surface area (Å²) >= 11 is 3.46. The molecule has 5 aromatic rings. The van der Waals surface area contributed by atoms with Gasteiger partial charge in [0.1, 0.15) is 11.3 Å². The Kier molecular flexibility index (Phi) is 6.58. The van der Waals surface area contributed by atoms with Crippen LogP contribution < -0.4 is 10.3 Å². The van der Waals surface area contributed by atoms with E-state index < -0.39 is 10.5 Å². The third kappa shape index (κ3) is 5.21. The molecule has 0 radical (unpaired) electrons. The first-order valence-electron chi connectivity index (χ1n) is 11.8. The van der Waals surface area contributed by atoms with Gasteiger partial charge in [-0.25, -0.2) is 4.98 Å². The molecule has 0 aliphatic rings. The fourth-order valence-electron chi connectivity index (χ4n) is 3.81. The molecule has 3 aromatic carbocycles. The van der Waals surface area contributed by atoms with Crippen LogP contribution in [0.2, 0.25) is 0 Å². The molecule has 0 aliphatic carbocycles. The van der Waals surface area contributed by atoms with Crippen LogP contribution in [0, 0.1) is 15.5 Å². The second-order valence-electron chi connectivity index (χ2n) is 9.94. The number of ether oxygens (including phenoxy) is 1. The van der Waals surface area contributed by atoms with Gasteiger partial charge in [-0.05, 0) is 47.9 Å². The Labute approximate surface area is 225 Å². The van der Waals surface area contributed by atoms with E-state index >= 15 is 0 Å². The number of nitro benzene ring substituents is 1. The van der Waals surface area contributed by atoms with E-state index in [0.717, 1.165) is 14.5 Å². The Morgan fingerprint density at radius 3 is 2.68 bits per heavy atom. The summed E-state index contributed by atoms with van der Waals surface area (Å²) in [7, 11) is 0. The fourth-order valence-corrected chi connectivity index (χ4v) is 4.19. The third-order valence-corrected chi connectivity index (χ3v) is 6.12. The van der Waals surface area contributed by atoms with Gasteiger partial charge in [0.15, 0.2) is 5.76 Å². The first kappa shape index (κ1) is 25.3. The Balaban J connectivity index is 1.68. The Morgan fingerprint density at radius 1 is 1.13 bits per heavy atom. The molecule has 38 heavy (non-hydrogen) atoms. The maximum Gasteiger partial charge on any atom is 0.282 e. The molecule has 9 nitrogen and oxygen atoms in total. The highest BCUT2D eigenvalue weighted by Crippen LogP contribution is 2.30. The molecule has 2 heterocycles. The molecule has 0 unspecified atom stereocenters. The SMILES string of the molecule is CC(C)(C)COc1ccc([N+](=O)[O-])cc1C=Nn1c(-c2cc3cc(Br)ccc3o2)nc2ccccc2c1=O. The minimum Gasteiger partial charge on any atom is -0.492 e. The normalized spacial score (nSPS) is 12.0. The lowest BCUT2D eigenvalue weighted by atomic mass is 9.98. The number of nitro groups is 1. The van der Waals surface area contributed by atoms with E-state index in [0.29, 0.717) is 40.2 Å². The topological polar surface area (TPSA) is 113 Å². The first-order valence-corrected chi connectivity index (χ1v) is 12.6. The van der Waals surface area contributed by atoms with Crippen molar-refractivity contribution in [2.45, 2.75) is 20.8 Å². The van der Waals surface area contributed by atoms with Gasteiger partial charge in [-0.15, -0.1) is 0 Å². The van der Waals surface area contributed by atoms with Crippen molar-refractivity contribution < 1.29 is 14.1 Å². The molecule has 0 bridgehead atoms. The van der Waals surface area contributed by atoms with Gasteiger partial charge in [-0.2, -0.15) is 9.78 Å². The summed E-state index contributed by atoms with van der Waals surface area (Å²) in [4.78, 5) is 29.2. The standard InChI is InChI=1S/C28H23BrN4O5/c1-28(2,3)16-37-23-11-9-20(33(35)36)13-18(23)15-30-32-26(31-22-7-5-4-6-21(22)27(32)34)25-14-17-12-19(29)8-10-24(17)38-25/h4-15H,16H2,1-3H3. The number of non-ortho nitro benzene ring substituents is 1. The minimum atomic E-state index is -0.493. The van der Waals surface area contributed by atoms with Crippen LogP contribution in [-0.4, -0.2) is 27.4 Å². The van der Waals surface area contributed by atoms with Gasteiger partial charge in [0.05, 0.1) is 28.6 Å². The van der Waals surface area contributed by atoms with E-state index in [4.69, 9.17) is 9.15 Å². The number of nitrogens with zero attached hydrogens (tertiary/aromatic N) is 4. The number of hydrogen-bond donors (Lipinski definition) is 0. The lowest BCUT2D eigenvalue weighted by Gasteiger charge is -2.19. The minimum absolute atomic E-state index is 0.123. The maximum atomic E-state index is 13.6. The molecular weight excluding hydrogens is 552 g/mol. The molecule has 0 N–H and O–H groups in total. The molecule has 0 aliphatic heterocycles. The smallest absolute Gasteiger partial charge is 0.282 e. The van der Waals surface area contributed by atoms with Gasteiger partial charge >= 0.3 is 0 Å². The van der Waals surface area contributed by atoms with Gasteiger partial charge in [0, 0.05) is 27.6 Å². The molecule has 0 saturated carbocycles. The van der Waals surface area contributed by atoms with Crippen LogP contribution in [0.5, 0.6) is 5.75 Å². The molecule has 0 amide bonds. The van der Waals surface area contributed by atoms with Crippen LogP contribution in [0.1, 0.15) is 26.3 Å². The maximum absolute atomic E-state index is 13.6. The average molecular weight is 575 g/mol. The Bertz CT molecular complexity index is 1780. The van der Waals surface area contributed by atoms with Crippen LogP contribution in [0.25, 0.3) is 33.5 Å². The molecule has 10 heteroatoms. The number of benzene rings is 3. The Hall–Kier alpha value is -4.31. The summed E-state index contributed by atoms with van der Waals surface area (Å²) in [5.41, 5.74) is 0.789. The quantitative estimate of drug-likeness (QED) is 0.125. The summed E-state index contributed by atoms with van der Waals surface area (Å²) < 4.78 is 14.0. The largest absolute Gasteiger partial charge is 0.492 e. The predicted octanol–water partition coefficient (Wildman–Crippen LogP) is 6.79. The summed E-state index contributed by atoms with van der Waals surface area (Å²) in [6, 6.07) is 18.6. The number of halogens is 1. The number of furan rings is 1. The lowest BCUT2D eigenvalue weighted by Crippen LogP contribution is -2.20. The molecule has 0 fully saturated rings. The summed E-state index contributed by atoms with van der Waals surface area (Å²) in [6.07, 6.45) is 1.37. The molecule has 0 atom stereocenters. The van der Waals surface area contributed by atoms with Gasteiger partial charge < -0.3 is 9.15 Å². The second-order valence-corrected chi connectivity index (χ2v) is 10.9. The fraction of sp³-hybridized carbons (Fsp3) is 0.179. The van der Waals surface area contributed by atoms with E-state index in [2.05, 4.69) is 26.0 Å². The molecule has 2 aromatic heterocycles. The number of hydrogen-bond acceptors (Lipinski definition) is 7. The summed E-state index contributed by atoms with van der Waals surface area (Å²) in [5.74, 6) is 0.951. The zero-order valence-corrected chi connectivity index (χ0v) is 22.4. The van der Waals surface area contributed by atoms with Crippen molar-refractivity contribution in [3.05, 3.63) is 97.2 Å². The highest BCUT2D eigenvalue weighted by Gasteiger charge is 2.18. The van der Waals surface area contributed by atoms with Crippen molar-refractivity contribution in [1.82, 2.24) is 9.66 Å². The van der Waals surface area contributed by atoms with Crippen LogP contribution >= 0.6 is 15.9 Å². The van der Waals surface area contributed by atoms with Gasteiger partial charge in [0.25, 0.3) is 11.2 Å². The average Bonchev–Trinajstić information content (AvgIpc) is 3.29. The number of rotatable bonds is 6. The number of aromatic nitrogens is 2. The highest BCUT2D eigenvalue weighted by atomic mass is 79.9. The second kappa shape index (κ2) is 9.86. The van der Waals surface area contributed by atoms with Crippen molar-refractivity contribution in [3.8, 4) is 17.3 Å². The molecule has 192 valence electrons. The number of fused-ring (bicyclic) bond motifs is 2. The predicted molar refractivity (Wildman–Crippen MR) is 150 cm³/mol. The van der Waals surface area contributed by atoms with E-state index in [1.165, 1.54) is 24.4 Å². The van der Waals surface area contributed by atoms with Gasteiger partial charge in [-0.1, -0.05) is 48.8 Å². The van der Waals surface area contributed by atoms with Crippen molar-refractivity contribution in [2.24, 2.45) is 10.5 Å². The Morgan fingerprint density at radius 2 is 1.92 bits per heavy atom. The van der Waals surface area contributed by atoms with E-state index in [1.807, 2.05) is 39.0 Å². The van der Waals surface area contributed by atoms with Crippen LogP contribution in [-0.2, 0) is 0 Å². The van der Waals surface area contributed by atoms with E-state index in [9.17, 15) is 14.9 Å². The van der Waals surface area contributed by atoms with Crippen molar-refractivity contribution in [3.63, 3.8) is 0 Å². The van der Waals surface area contributed by atoms with Gasteiger partial charge in [0.2, 0.25) is 5.82 Å². The zero-order chi connectivity index (χ0) is 27.0. The van der Waals surface area contributed by atoms with E-state index in [-0.39, 0.29) is 16.9 Å². The first-order chi connectivity index (χ1) is 18.1. The zero-order valence-electron chi connectivity index (χ0n) is 20.8. The molecular formula is C28H23BrN4O5. The molecule has 5 rings (SSSR count). The van der Waals surface area contributed by atoms with E-state index in [1.54, 1.807) is 30.3 Å². The monoisotopic (exact) mass is 574 g/mol. The highest BCUT2D eigenvalue weighted by molar-refractivity contribution is 9.10. The van der Waals surface area contributed by atoms with Crippen molar-refractivity contribution in [1.29, 1.82) is 0 Å². The molecule has 0 saturated heterocycles.